The highest BCUT2D eigenvalue weighted by Crippen LogP contribution is 2.43. The van der Waals surface area contributed by atoms with Gasteiger partial charge < -0.3 is 10.2 Å². The van der Waals surface area contributed by atoms with E-state index in [1.165, 1.54) is 17.8 Å². The summed E-state index contributed by atoms with van der Waals surface area (Å²) in [7, 11) is 0. The molecule has 0 radical (unpaired) electrons. The predicted molar refractivity (Wildman–Crippen MR) is 177 cm³/mol. The molecule has 1 N–H and O–H groups in total. The highest BCUT2D eigenvalue weighted by molar-refractivity contribution is 7.22. The van der Waals surface area contributed by atoms with Gasteiger partial charge in [0.25, 0.3) is 5.91 Å². The molecule has 2 aliphatic rings. The Morgan fingerprint density at radius 2 is 1.60 bits per heavy atom. The van der Waals surface area contributed by atoms with Crippen LogP contribution in [0.5, 0.6) is 0 Å². The number of fused-ring (bicyclic) bond motifs is 1. The summed E-state index contributed by atoms with van der Waals surface area (Å²) in [6.45, 7) is 0.445. The van der Waals surface area contributed by atoms with E-state index in [-0.39, 0.29) is 29.8 Å². The fourth-order valence-electron chi connectivity index (χ4n) is 6.51. The van der Waals surface area contributed by atoms with Gasteiger partial charge in [0, 0.05) is 42.3 Å². The van der Waals surface area contributed by atoms with Crippen LogP contribution in [0.3, 0.4) is 0 Å². The second-order valence-corrected chi connectivity index (χ2v) is 13.9. The number of hydrogen-bond donors (Lipinski definition) is 1. The van der Waals surface area contributed by atoms with Crippen LogP contribution < -0.4 is 5.32 Å². The summed E-state index contributed by atoms with van der Waals surface area (Å²) in [5.74, 6) is 0.242. The van der Waals surface area contributed by atoms with Crippen molar-refractivity contribution >= 4 is 68.0 Å². The lowest BCUT2D eigenvalue weighted by molar-refractivity contribution is -0.127. The minimum Gasteiger partial charge on any atom is -0.353 e. The van der Waals surface area contributed by atoms with E-state index in [4.69, 9.17) is 34.8 Å². The fourth-order valence-corrected chi connectivity index (χ4v) is 8.51. The Labute approximate surface area is 271 Å². The van der Waals surface area contributed by atoms with E-state index < -0.39 is 0 Å². The molecular formula is C34H34Cl3N3O2S. The number of carbonyl (C=O) groups is 2. The van der Waals surface area contributed by atoms with Crippen molar-refractivity contribution < 1.29 is 9.59 Å². The molecule has 6 rings (SSSR count). The monoisotopic (exact) mass is 653 g/mol. The Hall–Kier alpha value is -2.64. The maximum absolute atomic E-state index is 14.4. The van der Waals surface area contributed by atoms with Crippen LogP contribution in [0.4, 0.5) is 0 Å². The molecule has 0 unspecified atom stereocenters. The Kier molecular flexibility index (Phi) is 9.58. The zero-order valence-corrected chi connectivity index (χ0v) is 26.9. The van der Waals surface area contributed by atoms with E-state index in [0.29, 0.717) is 26.5 Å². The minimum absolute atomic E-state index is 0.0141. The molecule has 0 saturated heterocycles. The van der Waals surface area contributed by atoms with Gasteiger partial charge in [-0.3, -0.25) is 14.6 Å². The van der Waals surface area contributed by atoms with Gasteiger partial charge in [-0.2, -0.15) is 0 Å². The van der Waals surface area contributed by atoms with Crippen LogP contribution in [0.15, 0.2) is 60.9 Å². The third-order valence-corrected chi connectivity index (χ3v) is 11.5. The number of aromatic nitrogens is 1. The molecular weight excluding hydrogens is 621 g/mol. The quantitative estimate of drug-likeness (QED) is 0.216. The molecule has 0 aliphatic heterocycles. The van der Waals surface area contributed by atoms with Gasteiger partial charge in [0.2, 0.25) is 5.91 Å². The molecule has 224 valence electrons. The SMILES string of the molecule is O=C(NC1CCC(N(Cc2cccc(-c3ccncc3)c2)C(=O)c2sc3c(Cl)c(Cl)ccc3c2Cl)CC1)C1CCCCC1. The first kappa shape index (κ1) is 30.4. The van der Waals surface area contributed by atoms with E-state index in [1.54, 1.807) is 18.5 Å². The number of rotatable bonds is 7. The average Bonchev–Trinajstić information content (AvgIpc) is 3.39. The van der Waals surface area contributed by atoms with Crippen molar-refractivity contribution in [2.24, 2.45) is 5.92 Å². The van der Waals surface area contributed by atoms with Crippen molar-refractivity contribution in [3.8, 4) is 11.1 Å². The molecule has 2 saturated carbocycles. The predicted octanol–water partition coefficient (Wildman–Crippen LogP) is 9.57. The highest BCUT2D eigenvalue weighted by atomic mass is 35.5. The summed E-state index contributed by atoms with van der Waals surface area (Å²) < 4.78 is 0.719. The van der Waals surface area contributed by atoms with Crippen molar-refractivity contribution in [2.45, 2.75) is 76.4 Å². The maximum atomic E-state index is 14.4. The van der Waals surface area contributed by atoms with Crippen LogP contribution in [0, 0.1) is 5.92 Å². The first-order valence-corrected chi connectivity index (χ1v) is 17.0. The zero-order chi connectivity index (χ0) is 29.9. The molecule has 2 fully saturated rings. The van der Waals surface area contributed by atoms with Crippen LogP contribution in [0.2, 0.25) is 15.1 Å². The number of pyridine rings is 1. The molecule has 2 heterocycles. The van der Waals surface area contributed by atoms with Crippen molar-refractivity contribution in [1.82, 2.24) is 15.2 Å². The van der Waals surface area contributed by atoms with Crippen LogP contribution >= 0.6 is 46.1 Å². The van der Waals surface area contributed by atoms with Crippen LogP contribution in [-0.2, 0) is 11.3 Å². The van der Waals surface area contributed by atoms with Crippen LogP contribution in [0.1, 0.15) is 73.0 Å². The molecule has 2 aromatic carbocycles. The third kappa shape index (κ3) is 6.73. The van der Waals surface area contributed by atoms with Crippen molar-refractivity contribution in [3.05, 3.63) is 86.4 Å². The molecule has 4 aromatic rings. The van der Waals surface area contributed by atoms with Crippen LogP contribution in [0.25, 0.3) is 21.2 Å². The Bertz CT molecular complexity index is 1610. The first-order chi connectivity index (χ1) is 20.9. The topological polar surface area (TPSA) is 62.3 Å². The Morgan fingerprint density at radius 3 is 2.35 bits per heavy atom. The Morgan fingerprint density at radius 1 is 0.860 bits per heavy atom. The average molecular weight is 655 g/mol. The number of thiophene rings is 1. The molecule has 2 amide bonds. The fraction of sp³-hybridized carbons (Fsp3) is 0.382. The standard InChI is InChI=1S/C34H34Cl3N3O2S/c35-28-14-13-27-29(36)32(43-31(27)30(28)37)34(42)40(20-21-5-4-8-24(19-21)22-15-17-38-18-16-22)26-11-9-25(10-12-26)39-33(41)23-6-2-1-3-7-23/h4-5,8,13-19,23,25-26H,1-3,6-7,9-12,20H2,(H,39,41). The van der Waals surface area contributed by atoms with E-state index in [1.807, 2.05) is 29.2 Å². The summed E-state index contributed by atoms with van der Waals surface area (Å²) in [6, 6.07) is 15.9. The largest absolute Gasteiger partial charge is 0.353 e. The Balaban J connectivity index is 1.25. The van der Waals surface area contributed by atoms with E-state index in [9.17, 15) is 9.59 Å². The number of nitrogens with one attached hydrogen (secondary N) is 1. The zero-order valence-electron chi connectivity index (χ0n) is 23.8. The normalized spacial score (nSPS) is 19.3. The van der Waals surface area contributed by atoms with Crippen molar-refractivity contribution in [1.29, 1.82) is 0 Å². The first-order valence-electron chi connectivity index (χ1n) is 15.1. The summed E-state index contributed by atoms with van der Waals surface area (Å²) in [4.78, 5) is 33.9. The van der Waals surface area contributed by atoms with Gasteiger partial charge in [0.15, 0.2) is 0 Å². The van der Waals surface area contributed by atoms with Crippen molar-refractivity contribution in [2.75, 3.05) is 0 Å². The number of benzene rings is 2. The molecule has 5 nitrogen and oxygen atoms in total. The molecule has 9 heteroatoms. The van der Waals surface area contributed by atoms with Gasteiger partial charge in [0.05, 0.1) is 19.8 Å². The smallest absolute Gasteiger partial charge is 0.266 e. The van der Waals surface area contributed by atoms with Crippen LogP contribution in [-0.4, -0.2) is 33.8 Å². The molecule has 2 aliphatic carbocycles. The number of hydrogen-bond acceptors (Lipinski definition) is 4. The van der Waals surface area contributed by atoms with Gasteiger partial charge in [0.1, 0.15) is 4.88 Å². The summed E-state index contributed by atoms with van der Waals surface area (Å²) >= 11 is 20.9. The van der Waals surface area contributed by atoms with Gasteiger partial charge in [-0.05, 0) is 79.5 Å². The van der Waals surface area contributed by atoms with Gasteiger partial charge in [-0.15, -0.1) is 11.3 Å². The van der Waals surface area contributed by atoms with Gasteiger partial charge in [-0.25, -0.2) is 0 Å². The molecule has 0 spiro atoms. The minimum atomic E-state index is -0.109. The number of carbonyl (C=O) groups excluding carboxylic acids is 2. The van der Waals surface area contributed by atoms with E-state index >= 15 is 0 Å². The maximum Gasteiger partial charge on any atom is 0.266 e. The highest BCUT2D eigenvalue weighted by Gasteiger charge is 2.33. The summed E-state index contributed by atoms with van der Waals surface area (Å²) in [6.07, 6.45) is 12.4. The molecule has 43 heavy (non-hydrogen) atoms. The number of halogens is 3. The second-order valence-electron chi connectivity index (χ2n) is 11.7. The molecule has 0 bridgehead atoms. The van der Waals surface area contributed by atoms with Crippen molar-refractivity contribution in [3.63, 3.8) is 0 Å². The lowest BCUT2D eigenvalue weighted by atomic mass is 9.86. The number of nitrogens with zero attached hydrogens (tertiary/aromatic N) is 2. The summed E-state index contributed by atoms with van der Waals surface area (Å²) in [5.41, 5.74) is 3.18. The summed E-state index contributed by atoms with van der Waals surface area (Å²) in [5, 5.41) is 5.32. The number of amides is 2. The lowest BCUT2D eigenvalue weighted by Gasteiger charge is -2.37. The van der Waals surface area contributed by atoms with Gasteiger partial charge in [-0.1, -0.05) is 78.3 Å². The van der Waals surface area contributed by atoms with E-state index in [2.05, 4.69) is 28.5 Å². The lowest BCUT2D eigenvalue weighted by Crippen LogP contribution is -2.47. The second kappa shape index (κ2) is 13.6. The third-order valence-electron chi connectivity index (χ3n) is 8.90. The molecule has 2 aromatic heterocycles. The van der Waals surface area contributed by atoms with Gasteiger partial charge >= 0.3 is 0 Å². The van der Waals surface area contributed by atoms with E-state index in [0.717, 1.165) is 78.1 Å². The molecule has 0 atom stereocenters.